The van der Waals surface area contributed by atoms with Gasteiger partial charge in [-0.15, -0.1) is 0 Å². The zero-order valence-electron chi connectivity index (χ0n) is 16.0. The lowest BCUT2D eigenvalue weighted by molar-refractivity contribution is -0.143. The summed E-state index contributed by atoms with van der Waals surface area (Å²) in [5, 5.41) is 6.90. The van der Waals surface area contributed by atoms with Crippen molar-refractivity contribution in [3.63, 3.8) is 0 Å². The van der Waals surface area contributed by atoms with Crippen molar-refractivity contribution in [3.05, 3.63) is 46.8 Å². The van der Waals surface area contributed by atoms with Crippen molar-refractivity contribution in [2.24, 2.45) is 0 Å². The zero-order chi connectivity index (χ0) is 20.5. The van der Waals surface area contributed by atoms with Crippen LogP contribution < -0.4 is 5.32 Å². The molecule has 1 atom stereocenters. The minimum Gasteiger partial charge on any atom is -0.377 e. The van der Waals surface area contributed by atoms with E-state index in [-0.39, 0.29) is 12.6 Å². The summed E-state index contributed by atoms with van der Waals surface area (Å²) in [4.78, 5) is 14.5. The van der Waals surface area contributed by atoms with Gasteiger partial charge < -0.3 is 15.0 Å². The largest absolute Gasteiger partial charge is 0.408 e. The van der Waals surface area contributed by atoms with Crippen LogP contribution in [0.1, 0.15) is 28.6 Å². The number of benzene rings is 1. The van der Waals surface area contributed by atoms with Crippen LogP contribution in [0.4, 0.5) is 23.7 Å². The molecule has 1 aromatic carbocycles. The number of urea groups is 1. The molecule has 2 aromatic rings. The van der Waals surface area contributed by atoms with E-state index >= 15 is 0 Å². The molecule has 0 saturated carbocycles. The first-order chi connectivity index (χ1) is 13.2. The van der Waals surface area contributed by atoms with Gasteiger partial charge in [0.25, 0.3) is 0 Å². The van der Waals surface area contributed by atoms with Crippen LogP contribution in [0.3, 0.4) is 0 Å². The van der Waals surface area contributed by atoms with Gasteiger partial charge >= 0.3 is 12.2 Å². The molecule has 3 rings (SSSR count). The second-order valence-corrected chi connectivity index (χ2v) is 6.94. The standard InChI is InChI=1S/C19H23F3N4O2/c1-12-5-4-6-15(9-12)23-18(27)25-7-8-28-10-16(25)17-13(2)24-26(14(17)3)11-19(20,21)22/h4-6,9,16H,7-8,10-11H2,1-3H3,(H,23,27)/t16-/m0/s1. The van der Waals surface area contributed by atoms with E-state index in [0.29, 0.717) is 35.8 Å². The molecule has 0 radical (unpaired) electrons. The fourth-order valence-corrected chi connectivity index (χ4v) is 3.52. The predicted octanol–water partition coefficient (Wildman–Crippen LogP) is 3.98. The van der Waals surface area contributed by atoms with Gasteiger partial charge in [0.1, 0.15) is 6.54 Å². The van der Waals surface area contributed by atoms with Crippen molar-refractivity contribution in [1.29, 1.82) is 0 Å². The molecule has 2 heterocycles. The van der Waals surface area contributed by atoms with Gasteiger partial charge in [-0.1, -0.05) is 12.1 Å². The summed E-state index contributed by atoms with van der Waals surface area (Å²) in [5.74, 6) is 0. The van der Waals surface area contributed by atoms with Crippen molar-refractivity contribution in [2.45, 2.75) is 39.5 Å². The number of carbonyl (C=O) groups excluding carboxylic acids is 1. The Morgan fingerprint density at radius 2 is 2.07 bits per heavy atom. The molecule has 9 heteroatoms. The van der Waals surface area contributed by atoms with Gasteiger partial charge in [0.15, 0.2) is 0 Å². The van der Waals surface area contributed by atoms with Gasteiger partial charge in [0, 0.05) is 23.5 Å². The summed E-state index contributed by atoms with van der Waals surface area (Å²) in [6.07, 6.45) is -4.37. The van der Waals surface area contributed by atoms with E-state index in [9.17, 15) is 18.0 Å². The van der Waals surface area contributed by atoms with E-state index in [1.54, 1.807) is 24.8 Å². The Hall–Kier alpha value is -2.55. The summed E-state index contributed by atoms with van der Waals surface area (Å²) in [6.45, 7) is 4.92. The number of halogens is 3. The second kappa shape index (κ2) is 7.83. The number of aromatic nitrogens is 2. The van der Waals surface area contributed by atoms with E-state index in [4.69, 9.17) is 4.74 Å². The number of hydrogen-bond donors (Lipinski definition) is 1. The number of nitrogens with zero attached hydrogens (tertiary/aromatic N) is 3. The smallest absolute Gasteiger partial charge is 0.377 e. The number of amides is 2. The average molecular weight is 396 g/mol. The van der Waals surface area contributed by atoms with Crippen LogP contribution in [0, 0.1) is 20.8 Å². The Morgan fingerprint density at radius 1 is 1.32 bits per heavy atom. The molecule has 1 saturated heterocycles. The first-order valence-electron chi connectivity index (χ1n) is 8.98. The van der Waals surface area contributed by atoms with Crippen LogP contribution in [0.25, 0.3) is 0 Å². The van der Waals surface area contributed by atoms with Gasteiger partial charge in [0.2, 0.25) is 0 Å². The van der Waals surface area contributed by atoms with E-state index in [2.05, 4.69) is 10.4 Å². The lowest BCUT2D eigenvalue weighted by atomic mass is 10.0. The number of rotatable bonds is 3. The fourth-order valence-electron chi connectivity index (χ4n) is 3.52. The first kappa shape index (κ1) is 20.2. The minimum atomic E-state index is -4.37. The highest BCUT2D eigenvalue weighted by molar-refractivity contribution is 5.89. The lowest BCUT2D eigenvalue weighted by Gasteiger charge is -2.36. The Balaban J connectivity index is 1.86. The van der Waals surface area contributed by atoms with E-state index in [1.165, 1.54) is 0 Å². The van der Waals surface area contributed by atoms with Crippen LogP contribution in [0.5, 0.6) is 0 Å². The number of anilines is 1. The number of alkyl halides is 3. The molecule has 0 aliphatic carbocycles. The van der Waals surface area contributed by atoms with Crippen molar-refractivity contribution in [3.8, 4) is 0 Å². The molecule has 1 aliphatic rings. The number of ether oxygens (including phenoxy) is 1. The molecule has 1 N–H and O–H groups in total. The van der Waals surface area contributed by atoms with Gasteiger partial charge in [-0.2, -0.15) is 18.3 Å². The normalized spacial score (nSPS) is 17.6. The third-order valence-corrected chi connectivity index (χ3v) is 4.76. The highest BCUT2D eigenvalue weighted by atomic mass is 19.4. The first-order valence-corrected chi connectivity index (χ1v) is 8.98. The van der Waals surface area contributed by atoms with Crippen molar-refractivity contribution >= 4 is 11.7 Å². The highest BCUT2D eigenvalue weighted by Crippen LogP contribution is 2.31. The van der Waals surface area contributed by atoms with Crippen molar-refractivity contribution in [1.82, 2.24) is 14.7 Å². The maximum atomic E-state index is 12.9. The van der Waals surface area contributed by atoms with E-state index < -0.39 is 18.8 Å². The minimum absolute atomic E-state index is 0.209. The average Bonchev–Trinajstić information content (AvgIpc) is 2.86. The summed E-state index contributed by atoms with van der Waals surface area (Å²) >= 11 is 0. The predicted molar refractivity (Wildman–Crippen MR) is 98.2 cm³/mol. The topological polar surface area (TPSA) is 59.4 Å². The molecule has 1 aliphatic heterocycles. The Labute approximate surface area is 161 Å². The van der Waals surface area contributed by atoms with E-state index in [1.807, 2.05) is 25.1 Å². The second-order valence-electron chi connectivity index (χ2n) is 6.94. The Bertz CT molecular complexity index is 863. The van der Waals surface area contributed by atoms with E-state index in [0.717, 1.165) is 10.2 Å². The van der Waals surface area contributed by atoms with Crippen LogP contribution in [-0.4, -0.2) is 46.6 Å². The number of aryl methyl sites for hydroxylation is 2. The van der Waals surface area contributed by atoms with Gasteiger partial charge in [-0.3, -0.25) is 4.68 Å². The summed E-state index contributed by atoms with van der Waals surface area (Å²) in [5.41, 5.74) is 3.13. The van der Waals surface area contributed by atoms with Gasteiger partial charge in [-0.25, -0.2) is 4.79 Å². The molecule has 2 amide bonds. The molecule has 0 bridgehead atoms. The lowest BCUT2D eigenvalue weighted by Crippen LogP contribution is -2.45. The maximum absolute atomic E-state index is 12.9. The SMILES string of the molecule is Cc1cccc(NC(=O)N2CCOC[C@H]2c2c(C)nn(CC(F)(F)F)c2C)c1. The molecule has 1 aromatic heterocycles. The maximum Gasteiger partial charge on any atom is 0.408 e. The molecular weight excluding hydrogens is 373 g/mol. The highest BCUT2D eigenvalue weighted by Gasteiger charge is 2.35. The fraction of sp³-hybridized carbons (Fsp3) is 0.474. The van der Waals surface area contributed by atoms with Crippen molar-refractivity contribution < 1.29 is 22.7 Å². The van der Waals surface area contributed by atoms with Crippen molar-refractivity contribution in [2.75, 3.05) is 25.1 Å². The van der Waals surface area contributed by atoms with Gasteiger partial charge in [0.05, 0.1) is 24.9 Å². The molecule has 1 fully saturated rings. The number of nitrogens with one attached hydrogen (secondary N) is 1. The summed E-state index contributed by atoms with van der Waals surface area (Å²) < 4.78 is 44.9. The van der Waals surface area contributed by atoms with Crippen LogP contribution >= 0.6 is 0 Å². The zero-order valence-corrected chi connectivity index (χ0v) is 16.0. The summed E-state index contributed by atoms with van der Waals surface area (Å²) in [6, 6.07) is 6.59. The molecular formula is C19H23F3N4O2. The quantitative estimate of drug-likeness (QED) is 0.854. The molecule has 152 valence electrons. The number of morpholine rings is 1. The molecule has 6 nitrogen and oxygen atoms in total. The monoisotopic (exact) mass is 396 g/mol. The summed E-state index contributed by atoms with van der Waals surface area (Å²) in [7, 11) is 0. The van der Waals surface area contributed by atoms with Crippen LogP contribution in [0.2, 0.25) is 0 Å². The Kier molecular flexibility index (Phi) is 5.64. The van der Waals surface area contributed by atoms with Crippen LogP contribution in [-0.2, 0) is 11.3 Å². The Morgan fingerprint density at radius 3 is 2.75 bits per heavy atom. The van der Waals surface area contributed by atoms with Crippen LogP contribution in [0.15, 0.2) is 24.3 Å². The molecule has 0 unspecified atom stereocenters. The molecule has 0 spiro atoms. The third kappa shape index (κ3) is 4.46. The van der Waals surface area contributed by atoms with Gasteiger partial charge in [-0.05, 0) is 38.5 Å². The number of carbonyl (C=O) groups is 1. The molecule has 28 heavy (non-hydrogen) atoms. The third-order valence-electron chi connectivity index (χ3n) is 4.76. The number of hydrogen-bond acceptors (Lipinski definition) is 3.